The molecular weight excluding hydrogens is 266 g/mol. The van der Waals surface area contributed by atoms with E-state index in [0.29, 0.717) is 11.4 Å². The summed E-state index contributed by atoms with van der Waals surface area (Å²) in [6.07, 6.45) is 0. The maximum Gasteiger partial charge on any atom is 0.234 e. The summed E-state index contributed by atoms with van der Waals surface area (Å²) in [6.45, 7) is 3.15. The molecule has 2 aromatic rings. The van der Waals surface area contributed by atoms with Crippen molar-refractivity contribution in [1.82, 2.24) is 5.10 Å². The van der Waals surface area contributed by atoms with E-state index in [1.54, 1.807) is 19.9 Å². The highest BCUT2D eigenvalue weighted by Gasteiger charge is 2.23. The van der Waals surface area contributed by atoms with Gasteiger partial charge < -0.3 is 0 Å². The second-order valence-corrected chi connectivity index (χ2v) is 4.38. The zero-order valence-electron chi connectivity index (χ0n) is 10.9. The molecule has 7 heteroatoms. The molecule has 0 aliphatic heterocycles. The predicted molar refractivity (Wildman–Crippen MR) is 66.1 cm³/mol. The van der Waals surface area contributed by atoms with Crippen LogP contribution in [0.25, 0.3) is 0 Å². The van der Waals surface area contributed by atoms with Gasteiger partial charge in [0.15, 0.2) is 0 Å². The predicted octanol–water partition coefficient (Wildman–Crippen LogP) is 2.52. The minimum Gasteiger partial charge on any atom is -0.206 e. The molecule has 1 N–H and O–H groups in total. The normalized spacial score (nSPS) is 10.3. The molecule has 0 saturated carbocycles. The van der Waals surface area contributed by atoms with E-state index >= 15 is 0 Å². The highest BCUT2D eigenvalue weighted by Crippen LogP contribution is 2.20. The Bertz CT molecular complexity index is 708. The van der Waals surface area contributed by atoms with E-state index in [9.17, 15) is 13.7 Å². The van der Waals surface area contributed by atoms with Gasteiger partial charge in [-0.2, -0.15) is 10.4 Å². The van der Waals surface area contributed by atoms with E-state index in [1.165, 1.54) is 4.68 Å². The lowest BCUT2D eigenvalue weighted by atomic mass is 10.1. The molecule has 1 heterocycles. The molecule has 0 aliphatic rings. The molecule has 0 fully saturated rings. The molecule has 0 saturated heterocycles. The van der Waals surface area contributed by atoms with Crippen molar-refractivity contribution in [2.24, 2.45) is 5.18 Å². The van der Waals surface area contributed by atoms with Crippen molar-refractivity contribution in [3.05, 3.63) is 51.2 Å². The molecule has 0 amide bonds. The van der Waals surface area contributed by atoms with Crippen LogP contribution in [0.2, 0.25) is 0 Å². The van der Waals surface area contributed by atoms with Crippen LogP contribution in [-0.2, 0) is 6.54 Å². The van der Waals surface area contributed by atoms with Crippen molar-refractivity contribution in [1.29, 1.82) is 5.26 Å². The number of nitrogens with one attached hydrogen (secondary N) is 1. The summed E-state index contributed by atoms with van der Waals surface area (Å²) >= 11 is 0. The largest absolute Gasteiger partial charge is 0.234 e. The van der Waals surface area contributed by atoms with Gasteiger partial charge in [0.25, 0.3) is 0 Å². The van der Waals surface area contributed by atoms with Crippen molar-refractivity contribution >= 4 is 5.69 Å². The van der Waals surface area contributed by atoms with Crippen LogP contribution in [0, 0.1) is 41.7 Å². The number of halogens is 2. The third-order valence-corrected chi connectivity index (χ3v) is 3.08. The summed E-state index contributed by atoms with van der Waals surface area (Å²) in [5.41, 5.74) is 0.964. The van der Waals surface area contributed by atoms with Gasteiger partial charge in [0.05, 0.1) is 17.2 Å². The van der Waals surface area contributed by atoms with Gasteiger partial charge >= 0.3 is 0 Å². The Balaban J connectivity index is 2.46. The Kier molecular flexibility index (Phi) is 3.57. The van der Waals surface area contributed by atoms with E-state index in [1.807, 2.05) is 0 Å². The van der Waals surface area contributed by atoms with Crippen LogP contribution in [0.5, 0.6) is 0 Å². The van der Waals surface area contributed by atoms with Crippen molar-refractivity contribution < 1.29 is 13.5 Å². The van der Waals surface area contributed by atoms with Gasteiger partial charge in [-0.3, -0.25) is 0 Å². The number of aromatic amines is 1. The highest BCUT2D eigenvalue weighted by atomic mass is 19.1. The Labute approximate surface area is 113 Å². The van der Waals surface area contributed by atoms with Crippen molar-refractivity contribution in [3.8, 4) is 6.07 Å². The molecule has 0 unspecified atom stereocenters. The fraction of sp³-hybridized carbons (Fsp3) is 0.231. The number of hydrogen-bond acceptors (Lipinski definition) is 3. The number of benzene rings is 1. The number of nitrogens with zero attached hydrogens (tertiary/aromatic N) is 3. The van der Waals surface area contributed by atoms with E-state index in [4.69, 9.17) is 5.26 Å². The monoisotopic (exact) mass is 277 g/mol. The van der Waals surface area contributed by atoms with Gasteiger partial charge in [0, 0.05) is 6.92 Å². The lowest BCUT2D eigenvalue weighted by molar-refractivity contribution is -0.748. The summed E-state index contributed by atoms with van der Waals surface area (Å²) < 4.78 is 29.0. The number of nitroso groups, excluding NO2 is 1. The molecule has 0 radical (unpaired) electrons. The quantitative estimate of drug-likeness (QED) is 0.691. The average molecular weight is 277 g/mol. The molecule has 20 heavy (non-hydrogen) atoms. The number of rotatable bonds is 3. The maximum absolute atomic E-state index is 13.8. The van der Waals surface area contributed by atoms with Crippen LogP contribution >= 0.6 is 0 Å². The molecule has 0 bridgehead atoms. The topological polar surface area (TPSA) is 72.9 Å². The summed E-state index contributed by atoms with van der Waals surface area (Å²) in [6, 6.07) is 3.63. The first kappa shape index (κ1) is 13.8. The maximum atomic E-state index is 13.8. The summed E-state index contributed by atoms with van der Waals surface area (Å²) in [7, 11) is 0. The fourth-order valence-corrected chi connectivity index (χ4v) is 2.01. The van der Waals surface area contributed by atoms with Gasteiger partial charge in [-0.05, 0) is 24.2 Å². The second kappa shape index (κ2) is 5.17. The minimum atomic E-state index is -0.804. The lowest BCUT2D eigenvalue weighted by Crippen LogP contribution is -2.39. The van der Waals surface area contributed by atoms with E-state index in [2.05, 4.69) is 10.3 Å². The number of hydrogen-bond donors (Lipinski definition) is 1. The Morgan fingerprint density at radius 1 is 1.35 bits per heavy atom. The third-order valence-electron chi connectivity index (χ3n) is 3.08. The number of H-pyrrole nitrogens is 1. The van der Waals surface area contributed by atoms with Crippen molar-refractivity contribution in [3.63, 3.8) is 0 Å². The SMILES string of the molecule is Cc1[nH][n+](Cc2c(F)cc(C#N)cc2F)c(C)c1N=O. The van der Waals surface area contributed by atoms with E-state index < -0.39 is 11.6 Å². The zero-order valence-corrected chi connectivity index (χ0v) is 10.9. The lowest BCUT2D eigenvalue weighted by Gasteiger charge is -2.01. The first-order valence-electron chi connectivity index (χ1n) is 5.78. The smallest absolute Gasteiger partial charge is 0.206 e. The average Bonchev–Trinajstić information content (AvgIpc) is 2.67. The Hall–Kier alpha value is -2.62. The van der Waals surface area contributed by atoms with Gasteiger partial charge in [-0.15, -0.1) is 9.59 Å². The zero-order chi connectivity index (χ0) is 14.9. The molecule has 102 valence electrons. The van der Waals surface area contributed by atoms with Gasteiger partial charge in [0.2, 0.25) is 17.9 Å². The number of aromatic nitrogens is 2. The number of aryl methyl sites for hydroxylation is 1. The van der Waals surface area contributed by atoms with Crippen molar-refractivity contribution in [2.45, 2.75) is 20.4 Å². The van der Waals surface area contributed by atoms with Crippen LogP contribution in [0.3, 0.4) is 0 Å². The molecule has 5 nitrogen and oxygen atoms in total. The Morgan fingerprint density at radius 2 is 1.95 bits per heavy atom. The standard InChI is InChI=1S/C13H10F2N4O/c1-7-13(18-20)8(2)19(17-7)6-10-11(14)3-9(5-16)4-12(10)15/h3-4H,6H2,1-2H3/p+1. The first-order valence-corrected chi connectivity index (χ1v) is 5.78. The first-order chi connectivity index (χ1) is 9.47. The molecular formula is C13H11F2N4O+. The molecule has 0 atom stereocenters. The second-order valence-electron chi connectivity index (χ2n) is 4.38. The van der Waals surface area contributed by atoms with Gasteiger partial charge in [0.1, 0.15) is 17.3 Å². The van der Waals surface area contributed by atoms with E-state index in [0.717, 1.165) is 12.1 Å². The van der Waals surface area contributed by atoms with Crippen LogP contribution < -0.4 is 4.68 Å². The molecule has 1 aromatic carbocycles. The summed E-state index contributed by atoms with van der Waals surface area (Å²) in [4.78, 5) is 10.7. The van der Waals surface area contributed by atoms with Crippen molar-refractivity contribution in [2.75, 3.05) is 0 Å². The summed E-state index contributed by atoms with van der Waals surface area (Å²) in [5.74, 6) is -1.61. The molecule has 2 rings (SSSR count). The van der Waals surface area contributed by atoms with Crippen LogP contribution in [-0.4, -0.2) is 5.10 Å². The van der Waals surface area contributed by atoms with Crippen LogP contribution in [0.15, 0.2) is 17.3 Å². The Morgan fingerprint density at radius 3 is 2.40 bits per heavy atom. The van der Waals surface area contributed by atoms with E-state index in [-0.39, 0.29) is 23.4 Å². The fourth-order valence-electron chi connectivity index (χ4n) is 2.01. The highest BCUT2D eigenvalue weighted by molar-refractivity contribution is 5.42. The van der Waals surface area contributed by atoms with Crippen LogP contribution in [0.1, 0.15) is 22.5 Å². The minimum absolute atomic E-state index is 0.0802. The molecule has 0 aliphatic carbocycles. The number of nitriles is 1. The third kappa shape index (κ3) is 2.28. The van der Waals surface area contributed by atoms with Gasteiger partial charge in [-0.1, -0.05) is 0 Å². The van der Waals surface area contributed by atoms with Gasteiger partial charge in [-0.25, -0.2) is 8.78 Å². The molecule has 1 aromatic heterocycles. The van der Waals surface area contributed by atoms with Crippen LogP contribution in [0.4, 0.5) is 14.5 Å². The summed E-state index contributed by atoms with van der Waals surface area (Å²) in [5, 5.41) is 14.3. The molecule has 0 spiro atoms.